The molecule has 0 aromatic heterocycles. The molecule has 4 N–H and O–H groups in total. The maximum absolute atomic E-state index is 10.8. The van der Waals surface area contributed by atoms with Crippen LogP contribution in [0.2, 0.25) is 18.1 Å². The molecule has 16 nitrogen and oxygen atoms in total. The molecule has 0 aromatic carbocycles. The smallest absolute Gasteiger partial charge is 0.391 e. The van der Waals surface area contributed by atoms with Crippen LogP contribution in [0.1, 0.15) is 38.5 Å². The average molecular weight is 768 g/mol. The predicted molar refractivity (Wildman–Crippen MR) is 189 cm³/mol. The van der Waals surface area contributed by atoms with Crippen LogP contribution in [0.3, 0.4) is 0 Å². The fourth-order valence-corrected chi connectivity index (χ4v) is 10.4. The Hall–Kier alpha value is 0.0106. The third-order valence-corrected chi connectivity index (χ3v) is 16.9. The summed E-state index contributed by atoms with van der Waals surface area (Å²) < 4.78 is 66.0. The summed E-state index contributed by atoms with van der Waals surface area (Å²) in [5, 5.41) is 35.2. The van der Waals surface area contributed by atoms with Crippen molar-refractivity contribution in [2.75, 3.05) is 117 Å². The van der Waals surface area contributed by atoms with Crippen molar-refractivity contribution in [2.45, 2.75) is 75.0 Å². The van der Waals surface area contributed by atoms with Crippen molar-refractivity contribution in [3.8, 4) is 0 Å². The number of aliphatic hydroxyl groups excluding tert-OH is 3. The van der Waals surface area contributed by atoms with Crippen LogP contribution in [0.5, 0.6) is 0 Å². The van der Waals surface area contributed by atoms with Crippen LogP contribution in [-0.2, 0) is 54.0 Å². The maximum Gasteiger partial charge on any atom is 0.500 e. The molecule has 296 valence electrons. The molecule has 0 aliphatic carbocycles. The minimum atomic E-state index is -2.67. The molecule has 19 heteroatoms. The molecule has 0 amide bonds. The lowest BCUT2D eigenvalue weighted by molar-refractivity contribution is 0.00101. The van der Waals surface area contributed by atoms with Crippen molar-refractivity contribution in [3.05, 3.63) is 0 Å². The van der Waals surface area contributed by atoms with E-state index in [0.717, 1.165) is 0 Å². The van der Waals surface area contributed by atoms with E-state index in [1.165, 1.54) is 0 Å². The molecule has 49 heavy (non-hydrogen) atoms. The van der Waals surface area contributed by atoms with Crippen molar-refractivity contribution >= 4 is 26.4 Å². The van der Waals surface area contributed by atoms with Gasteiger partial charge in [-0.05, 0) is 51.0 Å². The van der Waals surface area contributed by atoms with E-state index in [9.17, 15) is 15.3 Å². The van der Waals surface area contributed by atoms with Gasteiger partial charge < -0.3 is 74.7 Å². The molecule has 0 radical (unpaired) electrons. The molecule has 0 saturated carbocycles. The number of rotatable bonds is 36. The molecule has 0 heterocycles. The molecule has 3 atom stereocenters. The third kappa shape index (κ3) is 21.3. The van der Waals surface area contributed by atoms with Crippen molar-refractivity contribution < 1.29 is 69.4 Å². The van der Waals surface area contributed by atoms with Crippen LogP contribution in [0.4, 0.5) is 0 Å². The number of hydrogen-bond donors (Lipinski definition) is 4. The largest absolute Gasteiger partial charge is 0.500 e. The highest BCUT2D eigenvalue weighted by Crippen LogP contribution is 2.20. The minimum Gasteiger partial charge on any atom is -0.391 e. The molecule has 0 fully saturated rings. The standard InChI is InChI=1S/C30H69NO15Si3/c1-35-47(36-2,37-3)18-10-15-44-24-28(32)21-27(22-29(33)25-45-16-11-19-48(38-4,39-5)40-6)13-14-31-23-30(34)26-46-17-12-20-49(41-7,42-8)43-9/h27-34H,10-26H2,1-9H3. The minimum absolute atomic E-state index is 0.0176. The average Bonchev–Trinajstić information content (AvgIpc) is 3.12. The first-order valence-corrected chi connectivity index (χ1v) is 22.8. The monoisotopic (exact) mass is 767 g/mol. The Kier molecular flexibility index (Phi) is 29.5. The highest BCUT2D eigenvalue weighted by atomic mass is 28.4. The Morgan fingerprint density at radius 3 is 1.08 bits per heavy atom. The van der Waals surface area contributed by atoms with Crippen molar-refractivity contribution in [1.82, 2.24) is 5.32 Å². The zero-order valence-electron chi connectivity index (χ0n) is 31.6. The second-order valence-electron chi connectivity index (χ2n) is 11.7. The molecule has 0 bridgehead atoms. The van der Waals surface area contributed by atoms with Crippen LogP contribution in [0.15, 0.2) is 0 Å². The maximum atomic E-state index is 10.8. The lowest BCUT2D eigenvalue weighted by atomic mass is 9.92. The highest BCUT2D eigenvalue weighted by Gasteiger charge is 2.38. The van der Waals surface area contributed by atoms with E-state index in [4.69, 9.17) is 54.0 Å². The van der Waals surface area contributed by atoms with E-state index in [2.05, 4.69) is 5.32 Å². The van der Waals surface area contributed by atoms with Crippen molar-refractivity contribution in [1.29, 1.82) is 0 Å². The van der Waals surface area contributed by atoms with Crippen LogP contribution >= 0.6 is 0 Å². The quantitative estimate of drug-likeness (QED) is 0.0528. The van der Waals surface area contributed by atoms with Gasteiger partial charge in [0, 0.05) is 108 Å². The first-order valence-electron chi connectivity index (χ1n) is 17.0. The van der Waals surface area contributed by atoms with Gasteiger partial charge in [0.05, 0.1) is 38.1 Å². The number of ether oxygens (including phenoxy) is 3. The fourth-order valence-electron chi connectivity index (χ4n) is 5.37. The molecule has 0 aliphatic rings. The summed E-state index contributed by atoms with van der Waals surface area (Å²) in [6.45, 7) is 2.77. The van der Waals surface area contributed by atoms with Crippen LogP contribution < -0.4 is 5.32 Å². The molecule has 3 unspecified atom stereocenters. The Bertz CT molecular complexity index is 693. The van der Waals surface area contributed by atoms with Crippen LogP contribution in [-0.4, -0.2) is 177 Å². The van der Waals surface area contributed by atoms with Gasteiger partial charge in [-0.25, -0.2) is 0 Å². The van der Waals surface area contributed by atoms with E-state index in [0.29, 0.717) is 89.6 Å². The van der Waals surface area contributed by atoms with Crippen molar-refractivity contribution in [3.63, 3.8) is 0 Å². The van der Waals surface area contributed by atoms with Gasteiger partial charge in [0.25, 0.3) is 0 Å². The van der Waals surface area contributed by atoms with Gasteiger partial charge in [0.15, 0.2) is 0 Å². The summed E-state index contributed by atoms with van der Waals surface area (Å²) in [7, 11) is 6.21. The Labute approximate surface area is 298 Å². The Balaban J connectivity index is 4.75. The number of hydrogen-bond acceptors (Lipinski definition) is 16. The van der Waals surface area contributed by atoms with Crippen LogP contribution in [0, 0.1) is 5.92 Å². The summed E-state index contributed by atoms with van der Waals surface area (Å²) in [6.07, 6.45) is 1.48. The normalized spacial score (nSPS) is 15.4. The van der Waals surface area contributed by atoms with Crippen LogP contribution in [0.25, 0.3) is 0 Å². The summed E-state index contributed by atoms with van der Waals surface area (Å²) >= 11 is 0. The second kappa shape index (κ2) is 29.5. The lowest BCUT2D eigenvalue weighted by Gasteiger charge is -2.25. The van der Waals surface area contributed by atoms with Gasteiger partial charge in [0.2, 0.25) is 0 Å². The van der Waals surface area contributed by atoms with Gasteiger partial charge >= 0.3 is 26.4 Å². The van der Waals surface area contributed by atoms with Gasteiger partial charge in [-0.2, -0.15) is 0 Å². The van der Waals surface area contributed by atoms with E-state index in [1.54, 1.807) is 64.0 Å². The molecule has 0 rings (SSSR count). The van der Waals surface area contributed by atoms with Crippen molar-refractivity contribution in [2.24, 2.45) is 5.92 Å². The van der Waals surface area contributed by atoms with E-state index in [-0.39, 0.29) is 25.7 Å². The van der Waals surface area contributed by atoms with E-state index in [1.807, 2.05) is 0 Å². The molecule has 0 spiro atoms. The fraction of sp³-hybridized carbons (Fsp3) is 1.00. The number of aliphatic hydroxyl groups is 3. The Morgan fingerprint density at radius 2 is 0.776 bits per heavy atom. The predicted octanol–water partition coefficient (Wildman–Crippen LogP) is 1.30. The summed E-state index contributed by atoms with van der Waals surface area (Å²) in [4.78, 5) is 0. The number of nitrogens with one attached hydrogen (secondary N) is 1. The molecular weight excluding hydrogens is 699 g/mol. The summed E-state index contributed by atoms with van der Waals surface area (Å²) in [6, 6.07) is 1.83. The van der Waals surface area contributed by atoms with Gasteiger partial charge in [0.1, 0.15) is 0 Å². The molecular formula is C30H69NO15Si3. The van der Waals surface area contributed by atoms with Gasteiger partial charge in [-0.3, -0.25) is 0 Å². The highest BCUT2D eigenvalue weighted by molar-refractivity contribution is 6.61. The molecule has 0 aliphatic heterocycles. The first kappa shape index (κ1) is 49.0. The lowest BCUT2D eigenvalue weighted by Crippen LogP contribution is -2.42. The first-order chi connectivity index (χ1) is 23.5. The van der Waals surface area contributed by atoms with Gasteiger partial charge in [-0.1, -0.05) is 0 Å². The molecule has 0 aromatic rings. The zero-order chi connectivity index (χ0) is 37.0. The SMILES string of the molecule is CO[Si](CCCOCC(O)CNCCC(CC(O)COCCC[Si](OC)(OC)OC)CC(O)COCCC[Si](OC)(OC)OC)(OC)OC. The molecule has 0 saturated heterocycles. The van der Waals surface area contributed by atoms with E-state index >= 15 is 0 Å². The second-order valence-corrected chi connectivity index (χ2v) is 21.0. The third-order valence-electron chi connectivity index (χ3n) is 8.36. The topological polar surface area (TPSA) is 183 Å². The summed E-state index contributed by atoms with van der Waals surface area (Å²) in [5.74, 6) is -0.0176. The van der Waals surface area contributed by atoms with Gasteiger partial charge in [-0.15, -0.1) is 0 Å². The summed E-state index contributed by atoms with van der Waals surface area (Å²) in [5.41, 5.74) is 0. The zero-order valence-corrected chi connectivity index (χ0v) is 34.6. The Morgan fingerprint density at radius 1 is 0.469 bits per heavy atom. The van der Waals surface area contributed by atoms with E-state index < -0.39 is 44.7 Å².